The predicted octanol–water partition coefficient (Wildman–Crippen LogP) is 0.209. The molecule has 124 valence electrons. The topological polar surface area (TPSA) is 64.1 Å². The van der Waals surface area contributed by atoms with E-state index >= 15 is 0 Å². The highest BCUT2D eigenvalue weighted by atomic mass is 32.2. The van der Waals surface area contributed by atoms with Crippen LogP contribution in [0.2, 0.25) is 0 Å². The summed E-state index contributed by atoms with van der Waals surface area (Å²) in [5, 5.41) is 9.15. The standard InChI is InChI=1S/C14H29N3O3S/c1-13(2)11-15-7-9-17(10-8-15)21(19,20)16-5-3-14(12-18)4-6-16/h13-14,18H,3-12H2,1-2H3. The van der Waals surface area contributed by atoms with Crippen molar-refractivity contribution in [1.29, 1.82) is 0 Å². The summed E-state index contributed by atoms with van der Waals surface area (Å²) in [6, 6.07) is 0. The Morgan fingerprint density at radius 3 is 2.00 bits per heavy atom. The summed E-state index contributed by atoms with van der Waals surface area (Å²) in [7, 11) is -3.31. The minimum atomic E-state index is -3.31. The molecule has 0 atom stereocenters. The number of aliphatic hydroxyl groups is 1. The van der Waals surface area contributed by atoms with E-state index in [9.17, 15) is 8.42 Å². The van der Waals surface area contributed by atoms with Crippen LogP contribution in [-0.2, 0) is 10.2 Å². The van der Waals surface area contributed by atoms with Crippen LogP contribution in [0.15, 0.2) is 0 Å². The van der Waals surface area contributed by atoms with E-state index in [0.29, 0.717) is 32.1 Å². The van der Waals surface area contributed by atoms with Crippen LogP contribution in [0.25, 0.3) is 0 Å². The molecule has 0 aromatic rings. The Morgan fingerprint density at radius 2 is 1.52 bits per heavy atom. The van der Waals surface area contributed by atoms with E-state index in [1.54, 1.807) is 8.61 Å². The average molecular weight is 319 g/mol. The minimum absolute atomic E-state index is 0.168. The molecule has 2 heterocycles. The molecule has 0 saturated carbocycles. The van der Waals surface area contributed by atoms with Crippen molar-refractivity contribution in [2.24, 2.45) is 11.8 Å². The maximum atomic E-state index is 12.6. The van der Waals surface area contributed by atoms with Gasteiger partial charge in [-0.05, 0) is 24.7 Å². The van der Waals surface area contributed by atoms with Gasteiger partial charge in [0.25, 0.3) is 10.2 Å². The number of nitrogens with zero attached hydrogens (tertiary/aromatic N) is 3. The van der Waals surface area contributed by atoms with Crippen molar-refractivity contribution in [2.75, 3.05) is 52.4 Å². The van der Waals surface area contributed by atoms with E-state index in [-0.39, 0.29) is 12.5 Å². The van der Waals surface area contributed by atoms with E-state index in [2.05, 4.69) is 18.7 Å². The van der Waals surface area contributed by atoms with Gasteiger partial charge in [-0.1, -0.05) is 13.8 Å². The van der Waals surface area contributed by atoms with E-state index in [1.165, 1.54) is 0 Å². The van der Waals surface area contributed by atoms with Gasteiger partial charge in [0.15, 0.2) is 0 Å². The molecule has 0 aromatic carbocycles. The molecule has 0 aromatic heterocycles. The zero-order valence-corrected chi connectivity index (χ0v) is 14.1. The summed E-state index contributed by atoms with van der Waals surface area (Å²) in [5.41, 5.74) is 0. The molecule has 2 aliphatic heterocycles. The zero-order valence-electron chi connectivity index (χ0n) is 13.2. The summed E-state index contributed by atoms with van der Waals surface area (Å²) in [6.07, 6.45) is 1.53. The van der Waals surface area contributed by atoms with Gasteiger partial charge in [-0.25, -0.2) is 0 Å². The fourth-order valence-electron chi connectivity index (χ4n) is 3.15. The first-order chi connectivity index (χ1) is 9.93. The molecule has 0 spiro atoms. The first-order valence-electron chi connectivity index (χ1n) is 8.02. The van der Waals surface area contributed by atoms with Crippen LogP contribution < -0.4 is 0 Å². The van der Waals surface area contributed by atoms with Gasteiger partial charge in [-0.3, -0.25) is 0 Å². The summed E-state index contributed by atoms with van der Waals surface area (Å²) in [5.74, 6) is 0.880. The van der Waals surface area contributed by atoms with Crippen LogP contribution >= 0.6 is 0 Å². The molecule has 21 heavy (non-hydrogen) atoms. The van der Waals surface area contributed by atoms with Gasteiger partial charge in [0.1, 0.15) is 0 Å². The van der Waals surface area contributed by atoms with Crippen LogP contribution in [-0.4, -0.2) is 79.5 Å². The van der Waals surface area contributed by atoms with Crippen LogP contribution in [0.4, 0.5) is 0 Å². The normalized spacial score (nSPS) is 24.8. The van der Waals surface area contributed by atoms with Crippen molar-refractivity contribution >= 4 is 10.2 Å². The Balaban J connectivity index is 1.87. The second-order valence-corrected chi connectivity index (χ2v) is 8.55. The number of hydrogen-bond donors (Lipinski definition) is 1. The van der Waals surface area contributed by atoms with Gasteiger partial charge in [0.2, 0.25) is 0 Å². The molecule has 2 aliphatic rings. The lowest BCUT2D eigenvalue weighted by Crippen LogP contribution is -2.54. The molecular weight excluding hydrogens is 290 g/mol. The molecule has 0 amide bonds. The largest absolute Gasteiger partial charge is 0.396 e. The lowest BCUT2D eigenvalue weighted by Gasteiger charge is -2.39. The van der Waals surface area contributed by atoms with Crippen LogP contribution in [0.3, 0.4) is 0 Å². The van der Waals surface area contributed by atoms with E-state index in [1.807, 2.05) is 0 Å². The highest BCUT2D eigenvalue weighted by Crippen LogP contribution is 2.21. The fourth-order valence-corrected chi connectivity index (χ4v) is 4.77. The first kappa shape index (κ1) is 17.1. The second kappa shape index (κ2) is 7.37. The van der Waals surface area contributed by atoms with Gasteiger partial charge in [0.05, 0.1) is 0 Å². The lowest BCUT2D eigenvalue weighted by atomic mass is 10.00. The summed E-state index contributed by atoms with van der Waals surface area (Å²) in [4.78, 5) is 2.34. The maximum absolute atomic E-state index is 12.6. The molecule has 0 unspecified atom stereocenters. The Labute approximate surface area is 128 Å². The summed E-state index contributed by atoms with van der Waals surface area (Å²) >= 11 is 0. The van der Waals surface area contributed by atoms with Crippen molar-refractivity contribution in [3.05, 3.63) is 0 Å². The molecule has 2 fully saturated rings. The molecule has 0 aliphatic carbocycles. The van der Waals surface area contributed by atoms with E-state index < -0.39 is 10.2 Å². The molecule has 7 heteroatoms. The van der Waals surface area contributed by atoms with Crippen molar-refractivity contribution in [2.45, 2.75) is 26.7 Å². The van der Waals surface area contributed by atoms with Crippen LogP contribution in [0.5, 0.6) is 0 Å². The highest BCUT2D eigenvalue weighted by Gasteiger charge is 2.34. The number of piperazine rings is 1. The Bertz CT molecular complexity index is 411. The maximum Gasteiger partial charge on any atom is 0.282 e. The van der Waals surface area contributed by atoms with Gasteiger partial charge in [-0.2, -0.15) is 17.0 Å². The number of aliphatic hydroxyl groups excluding tert-OH is 1. The number of piperidine rings is 1. The van der Waals surface area contributed by atoms with Gasteiger partial charge >= 0.3 is 0 Å². The van der Waals surface area contributed by atoms with Gasteiger partial charge < -0.3 is 10.0 Å². The van der Waals surface area contributed by atoms with E-state index in [4.69, 9.17) is 5.11 Å². The SMILES string of the molecule is CC(C)CN1CCN(S(=O)(=O)N2CCC(CO)CC2)CC1. The molecule has 6 nitrogen and oxygen atoms in total. The number of hydrogen-bond acceptors (Lipinski definition) is 4. The fraction of sp³-hybridized carbons (Fsp3) is 1.00. The third kappa shape index (κ3) is 4.39. The second-order valence-electron chi connectivity index (χ2n) is 6.63. The van der Waals surface area contributed by atoms with Crippen LogP contribution in [0, 0.1) is 11.8 Å². The molecule has 0 bridgehead atoms. The first-order valence-corrected chi connectivity index (χ1v) is 9.41. The molecule has 0 radical (unpaired) electrons. The Morgan fingerprint density at radius 1 is 1.00 bits per heavy atom. The minimum Gasteiger partial charge on any atom is -0.396 e. The van der Waals surface area contributed by atoms with Crippen molar-refractivity contribution in [1.82, 2.24) is 13.5 Å². The Kier molecular flexibility index (Phi) is 6.02. The summed E-state index contributed by atoms with van der Waals surface area (Å²) in [6.45, 7) is 9.50. The molecule has 2 rings (SSSR count). The van der Waals surface area contributed by atoms with Crippen LogP contribution in [0.1, 0.15) is 26.7 Å². The zero-order chi connectivity index (χ0) is 15.5. The van der Waals surface area contributed by atoms with Crippen molar-refractivity contribution < 1.29 is 13.5 Å². The molecule has 1 N–H and O–H groups in total. The predicted molar refractivity (Wildman–Crippen MR) is 83.2 cm³/mol. The smallest absolute Gasteiger partial charge is 0.282 e. The number of rotatable bonds is 5. The Hall–Kier alpha value is -0.210. The van der Waals surface area contributed by atoms with Gasteiger partial charge in [0, 0.05) is 52.4 Å². The molecular formula is C14H29N3O3S. The average Bonchev–Trinajstić information content (AvgIpc) is 2.47. The van der Waals surface area contributed by atoms with Gasteiger partial charge in [-0.15, -0.1) is 0 Å². The highest BCUT2D eigenvalue weighted by molar-refractivity contribution is 7.86. The third-order valence-corrected chi connectivity index (χ3v) is 6.47. The summed E-state index contributed by atoms with van der Waals surface area (Å²) < 4.78 is 28.5. The van der Waals surface area contributed by atoms with Crippen molar-refractivity contribution in [3.63, 3.8) is 0 Å². The monoisotopic (exact) mass is 319 g/mol. The van der Waals surface area contributed by atoms with Crippen molar-refractivity contribution in [3.8, 4) is 0 Å². The quantitative estimate of drug-likeness (QED) is 0.787. The third-order valence-electron chi connectivity index (χ3n) is 4.44. The lowest BCUT2D eigenvalue weighted by molar-refractivity contribution is 0.150. The molecule has 2 saturated heterocycles. The van der Waals surface area contributed by atoms with E-state index in [0.717, 1.165) is 32.5 Å².